The van der Waals surface area contributed by atoms with Crippen LogP contribution < -0.4 is 5.32 Å². The molecule has 1 saturated heterocycles. The Labute approximate surface area is 136 Å². The van der Waals surface area contributed by atoms with Gasteiger partial charge in [0.15, 0.2) is 0 Å². The molecule has 2 N–H and O–H groups in total. The maximum atomic E-state index is 12.7. The lowest BCUT2D eigenvalue weighted by Gasteiger charge is -2.35. The average molecular weight is 322 g/mol. The molecule has 0 spiro atoms. The van der Waals surface area contributed by atoms with Crippen molar-refractivity contribution in [1.29, 1.82) is 0 Å². The number of hydrogen-bond donors (Lipinski definition) is 2. The monoisotopic (exact) mass is 322 g/mol. The summed E-state index contributed by atoms with van der Waals surface area (Å²) in [5, 5.41) is 3.98. The first-order chi connectivity index (χ1) is 10.8. The van der Waals surface area contributed by atoms with E-state index in [9.17, 15) is 4.79 Å². The number of carbonyl (C=O) groups is 1. The number of aromatic amines is 1. The van der Waals surface area contributed by atoms with Crippen LogP contribution in [0.25, 0.3) is 0 Å². The number of urea groups is 1. The summed E-state index contributed by atoms with van der Waals surface area (Å²) in [5.41, 5.74) is 0. The molecule has 2 amide bonds. The molecule has 0 unspecified atom stereocenters. The number of piperidine rings is 1. The summed E-state index contributed by atoms with van der Waals surface area (Å²) >= 11 is 2.02. The minimum Gasteiger partial charge on any atom is -0.347 e. The largest absolute Gasteiger partial charge is 0.347 e. The number of likely N-dealkylation sites (tertiary alicyclic amines) is 1. The first kappa shape index (κ1) is 15.7. The Bertz CT molecular complexity index is 479. The van der Waals surface area contributed by atoms with Crippen molar-refractivity contribution in [3.8, 4) is 0 Å². The molecule has 22 heavy (non-hydrogen) atoms. The third-order valence-electron chi connectivity index (χ3n) is 4.71. The lowest BCUT2D eigenvalue weighted by Crippen LogP contribution is -2.47. The van der Waals surface area contributed by atoms with E-state index in [-0.39, 0.29) is 12.1 Å². The van der Waals surface area contributed by atoms with Gasteiger partial charge in [-0.05, 0) is 44.3 Å². The highest BCUT2D eigenvalue weighted by Crippen LogP contribution is 2.31. The molecule has 2 aliphatic rings. The standard InChI is InChI=1S/C16H26N4OS/c1-2-22-13-7-6-12(11-13)19-16(21)20-10-4-3-5-14(20)15-17-8-9-18-15/h8-9,12-14H,2-7,10-11H2,1H3,(H,17,18)(H,19,21)/t12-,13-,14-/m1/s1. The van der Waals surface area contributed by atoms with Crippen LogP contribution in [0.15, 0.2) is 12.4 Å². The number of aromatic nitrogens is 2. The van der Waals surface area contributed by atoms with Crippen LogP contribution in [0, 0.1) is 0 Å². The number of thioether (sulfide) groups is 1. The highest BCUT2D eigenvalue weighted by Gasteiger charge is 2.32. The fourth-order valence-corrected chi connectivity index (χ4v) is 4.78. The fourth-order valence-electron chi connectivity index (χ4n) is 3.63. The van der Waals surface area contributed by atoms with E-state index >= 15 is 0 Å². The van der Waals surface area contributed by atoms with Crippen molar-refractivity contribution in [2.24, 2.45) is 0 Å². The summed E-state index contributed by atoms with van der Waals surface area (Å²) in [6, 6.07) is 0.537. The molecular weight excluding hydrogens is 296 g/mol. The summed E-state index contributed by atoms with van der Waals surface area (Å²) in [6.45, 7) is 3.04. The second-order valence-electron chi connectivity index (χ2n) is 6.22. The van der Waals surface area contributed by atoms with Crippen molar-refractivity contribution in [2.45, 2.75) is 62.8 Å². The number of nitrogens with one attached hydrogen (secondary N) is 2. The molecule has 1 aliphatic heterocycles. The molecular formula is C16H26N4OS. The molecule has 122 valence electrons. The molecule has 6 heteroatoms. The van der Waals surface area contributed by atoms with E-state index in [1.807, 2.05) is 22.9 Å². The van der Waals surface area contributed by atoms with Crippen molar-refractivity contribution in [3.05, 3.63) is 18.2 Å². The zero-order chi connectivity index (χ0) is 15.4. The van der Waals surface area contributed by atoms with E-state index in [0.29, 0.717) is 6.04 Å². The smallest absolute Gasteiger partial charge is 0.318 e. The summed E-state index contributed by atoms with van der Waals surface area (Å²) in [6.07, 6.45) is 10.3. The normalized spacial score (nSPS) is 28.8. The molecule has 1 aromatic heterocycles. The number of carbonyl (C=O) groups excluding carboxylic acids is 1. The Morgan fingerprint density at radius 1 is 1.45 bits per heavy atom. The van der Waals surface area contributed by atoms with Crippen LogP contribution in [-0.2, 0) is 0 Å². The second kappa shape index (κ2) is 7.40. The van der Waals surface area contributed by atoms with Gasteiger partial charge < -0.3 is 15.2 Å². The number of rotatable bonds is 4. The van der Waals surface area contributed by atoms with E-state index in [1.165, 1.54) is 6.42 Å². The quantitative estimate of drug-likeness (QED) is 0.894. The Balaban J connectivity index is 1.58. The van der Waals surface area contributed by atoms with E-state index in [0.717, 1.165) is 55.5 Å². The molecule has 2 fully saturated rings. The Hall–Kier alpha value is -1.17. The van der Waals surface area contributed by atoms with Crippen LogP contribution in [0.2, 0.25) is 0 Å². The van der Waals surface area contributed by atoms with Gasteiger partial charge in [-0.2, -0.15) is 11.8 Å². The van der Waals surface area contributed by atoms with Gasteiger partial charge in [0.05, 0.1) is 6.04 Å². The van der Waals surface area contributed by atoms with Gasteiger partial charge in [-0.1, -0.05) is 6.92 Å². The minimum absolute atomic E-state index is 0.0910. The summed E-state index contributed by atoms with van der Waals surface area (Å²) in [7, 11) is 0. The number of H-pyrrole nitrogens is 1. The number of hydrogen-bond acceptors (Lipinski definition) is 3. The minimum atomic E-state index is 0.0910. The number of nitrogens with zero attached hydrogens (tertiary/aromatic N) is 2. The molecule has 3 atom stereocenters. The van der Waals surface area contributed by atoms with Gasteiger partial charge >= 0.3 is 6.03 Å². The lowest BCUT2D eigenvalue weighted by molar-refractivity contribution is 0.145. The molecule has 0 bridgehead atoms. The summed E-state index contributed by atoms with van der Waals surface area (Å²) in [4.78, 5) is 22.2. The van der Waals surface area contributed by atoms with Crippen molar-refractivity contribution < 1.29 is 4.79 Å². The topological polar surface area (TPSA) is 61.0 Å². The summed E-state index contributed by atoms with van der Waals surface area (Å²) in [5.74, 6) is 2.08. The Morgan fingerprint density at radius 3 is 3.14 bits per heavy atom. The van der Waals surface area contributed by atoms with Gasteiger partial charge in [0.1, 0.15) is 5.82 Å². The summed E-state index contributed by atoms with van der Waals surface area (Å²) < 4.78 is 0. The zero-order valence-electron chi connectivity index (χ0n) is 13.3. The maximum Gasteiger partial charge on any atom is 0.318 e. The number of amides is 2. The second-order valence-corrected chi connectivity index (χ2v) is 7.79. The fraction of sp³-hybridized carbons (Fsp3) is 0.750. The van der Waals surface area contributed by atoms with Crippen LogP contribution in [-0.4, -0.2) is 44.5 Å². The highest BCUT2D eigenvalue weighted by atomic mass is 32.2. The van der Waals surface area contributed by atoms with Crippen molar-refractivity contribution >= 4 is 17.8 Å². The number of imidazole rings is 1. The van der Waals surface area contributed by atoms with E-state index in [4.69, 9.17) is 0 Å². The van der Waals surface area contributed by atoms with Gasteiger partial charge in [-0.25, -0.2) is 9.78 Å². The van der Waals surface area contributed by atoms with Crippen LogP contribution in [0.1, 0.15) is 57.3 Å². The molecule has 0 aromatic carbocycles. The van der Waals surface area contributed by atoms with Crippen LogP contribution >= 0.6 is 11.8 Å². The molecule has 1 saturated carbocycles. The predicted molar refractivity (Wildman–Crippen MR) is 90.0 cm³/mol. The molecule has 0 radical (unpaired) electrons. The predicted octanol–water partition coefficient (Wildman–Crippen LogP) is 3.32. The third-order valence-corrected chi connectivity index (χ3v) is 5.95. The van der Waals surface area contributed by atoms with Crippen LogP contribution in [0.4, 0.5) is 4.79 Å². The van der Waals surface area contributed by atoms with Crippen molar-refractivity contribution in [2.75, 3.05) is 12.3 Å². The van der Waals surface area contributed by atoms with E-state index in [2.05, 4.69) is 22.2 Å². The first-order valence-corrected chi connectivity index (χ1v) is 9.50. The van der Waals surface area contributed by atoms with Crippen LogP contribution in [0.3, 0.4) is 0 Å². The molecule has 3 rings (SSSR count). The van der Waals surface area contributed by atoms with Gasteiger partial charge in [0.2, 0.25) is 0 Å². The third kappa shape index (κ3) is 3.59. The lowest BCUT2D eigenvalue weighted by atomic mass is 10.0. The van der Waals surface area contributed by atoms with E-state index < -0.39 is 0 Å². The van der Waals surface area contributed by atoms with Crippen LogP contribution in [0.5, 0.6) is 0 Å². The SMILES string of the molecule is CCS[C@@H]1CC[C@@H](NC(=O)N2CCCC[C@@H]2c2ncc[nH]2)C1. The highest BCUT2D eigenvalue weighted by molar-refractivity contribution is 7.99. The maximum absolute atomic E-state index is 12.7. The first-order valence-electron chi connectivity index (χ1n) is 8.46. The van der Waals surface area contributed by atoms with E-state index in [1.54, 1.807) is 6.20 Å². The molecule has 5 nitrogen and oxygen atoms in total. The van der Waals surface area contributed by atoms with Crippen molar-refractivity contribution in [1.82, 2.24) is 20.2 Å². The van der Waals surface area contributed by atoms with Gasteiger partial charge in [-0.15, -0.1) is 0 Å². The molecule has 1 aliphatic carbocycles. The Morgan fingerprint density at radius 2 is 2.36 bits per heavy atom. The van der Waals surface area contributed by atoms with Crippen molar-refractivity contribution in [3.63, 3.8) is 0 Å². The Kier molecular flexibility index (Phi) is 5.28. The van der Waals surface area contributed by atoms with Gasteiger partial charge in [-0.3, -0.25) is 0 Å². The molecule has 2 heterocycles. The molecule has 1 aromatic rings. The van der Waals surface area contributed by atoms with Gasteiger partial charge in [0.25, 0.3) is 0 Å². The zero-order valence-corrected chi connectivity index (χ0v) is 14.1. The average Bonchev–Trinajstić information content (AvgIpc) is 3.19. The van der Waals surface area contributed by atoms with Gasteiger partial charge in [0, 0.05) is 30.2 Å².